The van der Waals surface area contributed by atoms with E-state index in [1.54, 1.807) is 13.2 Å². The topological polar surface area (TPSA) is 78.4 Å². The van der Waals surface area contributed by atoms with Gasteiger partial charge >= 0.3 is 0 Å². The normalized spacial score (nSPS) is 17.8. The van der Waals surface area contributed by atoms with Crippen LogP contribution in [0.1, 0.15) is 51.1 Å². The molecule has 164 valence electrons. The minimum absolute atomic E-state index is 0.0515. The predicted octanol–water partition coefficient (Wildman–Crippen LogP) is 3.10. The molecule has 0 spiro atoms. The molecule has 2 aromatic rings. The molecule has 0 bridgehead atoms. The summed E-state index contributed by atoms with van der Waals surface area (Å²) in [6.45, 7) is 2.68. The third kappa shape index (κ3) is 4.22. The minimum atomic E-state index is -2.69. The molecule has 0 aliphatic carbocycles. The Morgan fingerprint density at radius 3 is 2.52 bits per heavy atom. The Hall–Kier alpha value is -3.10. The molecule has 2 aromatic heterocycles. The average Bonchev–Trinajstić information content (AvgIpc) is 2.77. The largest absolute Gasteiger partial charge is 0.355 e. The van der Waals surface area contributed by atoms with E-state index in [2.05, 4.69) is 15.3 Å². The van der Waals surface area contributed by atoms with Gasteiger partial charge in [-0.15, -0.1) is 0 Å². The van der Waals surface area contributed by atoms with Crippen LogP contribution in [0.3, 0.4) is 0 Å². The number of hydrogen-bond acceptors (Lipinski definition) is 5. The smallest absolute Gasteiger partial charge is 0.255 e. The first-order chi connectivity index (χ1) is 14.8. The summed E-state index contributed by atoms with van der Waals surface area (Å²) in [7, 11) is 1.58. The third-order valence-electron chi connectivity index (χ3n) is 5.90. The summed E-state index contributed by atoms with van der Waals surface area (Å²) >= 11 is 0. The summed E-state index contributed by atoms with van der Waals surface area (Å²) < 4.78 is 26.8. The number of nitrogens with zero attached hydrogens (tertiary/aromatic N) is 4. The summed E-state index contributed by atoms with van der Waals surface area (Å²) in [5, 5.41) is 2.60. The Bertz CT molecular complexity index is 1020. The van der Waals surface area contributed by atoms with Gasteiger partial charge in [-0.3, -0.25) is 9.59 Å². The SMILES string of the molecule is CNC(=O)c1cnc(N2CCCc3cc(C(=O)N4CCC(F)(F)CC4)cnc32)cc1C. The molecule has 2 aliphatic heterocycles. The van der Waals surface area contributed by atoms with Crippen molar-refractivity contribution in [1.29, 1.82) is 0 Å². The van der Waals surface area contributed by atoms with E-state index in [9.17, 15) is 18.4 Å². The lowest BCUT2D eigenvalue weighted by molar-refractivity contribution is -0.0494. The maximum Gasteiger partial charge on any atom is 0.255 e. The molecule has 0 aromatic carbocycles. The Balaban J connectivity index is 1.57. The first-order valence-electron chi connectivity index (χ1n) is 10.4. The summed E-state index contributed by atoms with van der Waals surface area (Å²) in [5.41, 5.74) is 2.67. The van der Waals surface area contributed by atoms with Gasteiger partial charge in [-0.25, -0.2) is 18.7 Å². The van der Waals surface area contributed by atoms with Crippen LogP contribution in [0.5, 0.6) is 0 Å². The standard InChI is InChI=1S/C22H25F2N5O2/c1-14-10-18(26-13-17(14)20(30)25-2)29-7-3-4-15-11-16(12-27-19(15)29)21(31)28-8-5-22(23,24)6-9-28/h10-13H,3-9H2,1-2H3,(H,25,30). The van der Waals surface area contributed by atoms with E-state index in [4.69, 9.17) is 0 Å². The van der Waals surface area contributed by atoms with E-state index in [1.807, 2.05) is 24.0 Å². The Morgan fingerprint density at radius 2 is 1.84 bits per heavy atom. The van der Waals surface area contributed by atoms with Gasteiger partial charge in [-0.2, -0.15) is 0 Å². The van der Waals surface area contributed by atoms with Gasteiger partial charge in [0.1, 0.15) is 11.6 Å². The monoisotopic (exact) mass is 429 g/mol. The van der Waals surface area contributed by atoms with Gasteiger partial charge in [0, 0.05) is 51.9 Å². The number of fused-ring (bicyclic) bond motifs is 1. The second-order valence-electron chi connectivity index (χ2n) is 8.05. The Labute approximate surface area is 179 Å². The Morgan fingerprint density at radius 1 is 1.10 bits per heavy atom. The van der Waals surface area contributed by atoms with Crippen molar-refractivity contribution >= 4 is 23.5 Å². The van der Waals surface area contributed by atoms with Crippen molar-refractivity contribution in [1.82, 2.24) is 20.2 Å². The minimum Gasteiger partial charge on any atom is -0.355 e. The van der Waals surface area contributed by atoms with Crippen LogP contribution in [0, 0.1) is 6.92 Å². The number of nitrogens with one attached hydrogen (secondary N) is 1. The number of carbonyl (C=O) groups excluding carboxylic acids is 2. The number of aryl methyl sites for hydroxylation is 2. The molecular weight excluding hydrogens is 404 g/mol. The highest BCUT2D eigenvalue weighted by Crippen LogP contribution is 2.33. The van der Waals surface area contributed by atoms with E-state index in [0.29, 0.717) is 16.9 Å². The molecule has 2 amide bonds. The van der Waals surface area contributed by atoms with Crippen LogP contribution in [0.25, 0.3) is 0 Å². The van der Waals surface area contributed by atoms with Crippen LogP contribution in [0.4, 0.5) is 20.4 Å². The van der Waals surface area contributed by atoms with Crippen molar-refractivity contribution in [2.24, 2.45) is 0 Å². The van der Waals surface area contributed by atoms with E-state index < -0.39 is 5.92 Å². The van der Waals surface area contributed by atoms with Crippen molar-refractivity contribution in [3.63, 3.8) is 0 Å². The fraction of sp³-hybridized carbons (Fsp3) is 0.455. The molecule has 31 heavy (non-hydrogen) atoms. The molecule has 7 nitrogen and oxygen atoms in total. The fourth-order valence-corrected chi connectivity index (χ4v) is 4.08. The number of halogens is 2. The summed E-state index contributed by atoms with van der Waals surface area (Å²) in [4.78, 5) is 37.2. The van der Waals surface area contributed by atoms with Gasteiger partial charge in [-0.1, -0.05) is 0 Å². The van der Waals surface area contributed by atoms with Gasteiger partial charge in [0.15, 0.2) is 0 Å². The van der Waals surface area contributed by atoms with Crippen molar-refractivity contribution < 1.29 is 18.4 Å². The quantitative estimate of drug-likeness (QED) is 0.811. The average molecular weight is 429 g/mol. The second-order valence-corrected chi connectivity index (χ2v) is 8.05. The maximum absolute atomic E-state index is 13.4. The summed E-state index contributed by atoms with van der Waals surface area (Å²) in [6.07, 6.45) is 4.09. The number of likely N-dealkylation sites (tertiary alicyclic amines) is 1. The van der Waals surface area contributed by atoms with Gasteiger partial charge < -0.3 is 15.1 Å². The zero-order chi connectivity index (χ0) is 22.2. The molecule has 0 unspecified atom stereocenters. The van der Waals surface area contributed by atoms with Crippen LogP contribution in [-0.2, 0) is 6.42 Å². The zero-order valence-corrected chi connectivity index (χ0v) is 17.6. The molecular formula is C22H25F2N5O2. The zero-order valence-electron chi connectivity index (χ0n) is 17.6. The van der Waals surface area contributed by atoms with Crippen LogP contribution in [0.2, 0.25) is 0 Å². The number of carbonyl (C=O) groups is 2. The number of pyridine rings is 2. The number of rotatable bonds is 3. The van der Waals surface area contributed by atoms with E-state index in [1.165, 1.54) is 11.1 Å². The maximum atomic E-state index is 13.4. The number of hydrogen-bond donors (Lipinski definition) is 1. The highest BCUT2D eigenvalue weighted by Gasteiger charge is 2.36. The van der Waals surface area contributed by atoms with Gasteiger partial charge in [0.05, 0.1) is 11.1 Å². The second kappa shape index (κ2) is 8.20. The number of anilines is 2. The van der Waals surface area contributed by atoms with E-state index in [-0.39, 0.29) is 37.7 Å². The molecule has 9 heteroatoms. The molecule has 2 aliphatic rings. The van der Waals surface area contributed by atoms with Crippen molar-refractivity contribution in [3.05, 3.63) is 46.8 Å². The molecule has 4 rings (SSSR count). The first kappa shape index (κ1) is 21.1. The fourth-order valence-electron chi connectivity index (χ4n) is 4.08. The number of alkyl halides is 2. The lowest BCUT2D eigenvalue weighted by Gasteiger charge is -2.32. The van der Waals surface area contributed by atoms with Crippen LogP contribution in [0.15, 0.2) is 24.5 Å². The van der Waals surface area contributed by atoms with Crippen molar-refractivity contribution in [2.45, 2.75) is 38.5 Å². The van der Waals surface area contributed by atoms with Crippen LogP contribution in [-0.4, -0.2) is 59.3 Å². The van der Waals surface area contributed by atoms with E-state index in [0.717, 1.165) is 36.3 Å². The first-order valence-corrected chi connectivity index (χ1v) is 10.4. The highest BCUT2D eigenvalue weighted by molar-refractivity contribution is 5.96. The Kier molecular flexibility index (Phi) is 5.60. The summed E-state index contributed by atoms with van der Waals surface area (Å²) in [6, 6.07) is 3.67. The van der Waals surface area contributed by atoms with Gasteiger partial charge in [0.2, 0.25) is 0 Å². The van der Waals surface area contributed by atoms with Crippen molar-refractivity contribution in [3.8, 4) is 0 Å². The van der Waals surface area contributed by atoms with Crippen molar-refractivity contribution in [2.75, 3.05) is 31.6 Å². The molecule has 0 saturated carbocycles. The summed E-state index contributed by atoms with van der Waals surface area (Å²) in [5.74, 6) is -1.72. The molecule has 1 N–H and O–H groups in total. The lowest BCUT2D eigenvalue weighted by atomic mass is 10.0. The molecule has 1 fully saturated rings. The molecule has 0 radical (unpaired) electrons. The van der Waals surface area contributed by atoms with E-state index >= 15 is 0 Å². The highest BCUT2D eigenvalue weighted by atomic mass is 19.3. The third-order valence-corrected chi connectivity index (χ3v) is 5.90. The predicted molar refractivity (Wildman–Crippen MR) is 112 cm³/mol. The number of aromatic nitrogens is 2. The van der Waals surface area contributed by atoms with Gasteiger partial charge in [0.25, 0.3) is 17.7 Å². The molecule has 1 saturated heterocycles. The molecule has 0 atom stereocenters. The number of piperidine rings is 1. The van der Waals surface area contributed by atoms with Crippen LogP contribution < -0.4 is 10.2 Å². The van der Waals surface area contributed by atoms with Gasteiger partial charge in [-0.05, 0) is 43.0 Å². The number of amides is 2. The molecule has 4 heterocycles. The van der Waals surface area contributed by atoms with Crippen LogP contribution >= 0.6 is 0 Å². The lowest BCUT2D eigenvalue weighted by Crippen LogP contribution is -2.42.